The van der Waals surface area contributed by atoms with Gasteiger partial charge in [-0.1, -0.05) is 72.8 Å². The van der Waals surface area contributed by atoms with Gasteiger partial charge in [-0.25, -0.2) is 5.43 Å². The zero-order chi connectivity index (χ0) is 17.9. The molecule has 0 amide bonds. The maximum atomic E-state index is 4.25. The Morgan fingerprint density at radius 2 is 1.42 bits per heavy atom. The van der Waals surface area contributed by atoms with Gasteiger partial charge in [0.05, 0.1) is 0 Å². The SMILES string of the molecule is C(=C/c1ccccc1)/C=N\n1cnnc1N/N=C\C=C\c1ccccc1. The smallest absolute Gasteiger partial charge is 0.244 e. The Bertz CT molecular complexity index is 908. The van der Waals surface area contributed by atoms with Crippen LogP contribution in [0.5, 0.6) is 0 Å². The van der Waals surface area contributed by atoms with Gasteiger partial charge in [-0.05, 0) is 23.3 Å². The van der Waals surface area contributed by atoms with Crippen LogP contribution in [0.4, 0.5) is 5.95 Å². The van der Waals surface area contributed by atoms with Crippen molar-refractivity contribution < 1.29 is 0 Å². The van der Waals surface area contributed by atoms with Crippen molar-refractivity contribution in [2.75, 3.05) is 5.43 Å². The fourth-order valence-electron chi connectivity index (χ4n) is 2.07. The van der Waals surface area contributed by atoms with Gasteiger partial charge in [0.1, 0.15) is 6.33 Å². The molecule has 0 saturated heterocycles. The molecule has 26 heavy (non-hydrogen) atoms. The van der Waals surface area contributed by atoms with Crippen molar-refractivity contribution in [2.24, 2.45) is 10.2 Å². The van der Waals surface area contributed by atoms with Crippen LogP contribution in [0.3, 0.4) is 0 Å². The molecule has 0 fully saturated rings. The highest BCUT2D eigenvalue weighted by Crippen LogP contribution is 2.03. The molecule has 1 N–H and O–H groups in total. The van der Waals surface area contributed by atoms with Gasteiger partial charge in [-0.3, -0.25) is 0 Å². The van der Waals surface area contributed by atoms with Crippen LogP contribution in [0.15, 0.2) is 89.3 Å². The lowest BCUT2D eigenvalue weighted by Crippen LogP contribution is -1.97. The molecule has 2 aromatic carbocycles. The summed E-state index contributed by atoms with van der Waals surface area (Å²) in [4.78, 5) is 0. The molecular formula is C20H18N6. The number of allylic oxidation sites excluding steroid dienone is 2. The lowest BCUT2D eigenvalue weighted by atomic mass is 10.2. The Hall–Kier alpha value is -3.80. The minimum atomic E-state index is 0.429. The van der Waals surface area contributed by atoms with Crippen molar-refractivity contribution in [1.82, 2.24) is 14.9 Å². The summed E-state index contributed by atoms with van der Waals surface area (Å²) >= 11 is 0. The van der Waals surface area contributed by atoms with Gasteiger partial charge in [0, 0.05) is 12.4 Å². The van der Waals surface area contributed by atoms with Crippen LogP contribution >= 0.6 is 0 Å². The zero-order valence-corrected chi connectivity index (χ0v) is 14.1. The minimum Gasteiger partial charge on any atom is -0.244 e. The topological polar surface area (TPSA) is 67.5 Å². The molecule has 0 aliphatic carbocycles. The summed E-state index contributed by atoms with van der Waals surface area (Å²) in [6.07, 6.45) is 12.4. The average molecular weight is 342 g/mol. The van der Waals surface area contributed by atoms with Crippen molar-refractivity contribution in [3.8, 4) is 0 Å². The van der Waals surface area contributed by atoms with Gasteiger partial charge in [-0.2, -0.15) is 14.9 Å². The predicted molar refractivity (Wildman–Crippen MR) is 107 cm³/mol. The van der Waals surface area contributed by atoms with Gasteiger partial charge in [0.25, 0.3) is 5.95 Å². The Labute approximate surface area is 151 Å². The third kappa shape index (κ3) is 5.38. The number of anilines is 1. The van der Waals surface area contributed by atoms with Crippen LogP contribution in [0.2, 0.25) is 0 Å². The molecule has 6 heteroatoms. The van der Waals surface area contributed by atoms with Crippen molar-refractivity contribution >= 4 is 30.5 Å². The van der Waals surface area contributed by atoms with E-state index in [0.29, 0.717) is 5.95 Å². The molecule has 128 valence electrons. The third-order valence-electron chi connectivity index (χ3n) is 3.31. The van der Waals surface area contributed by atoms with Crippen LogP contribution in [0.1, 0.15) is 11.1 Å². The normalized spacial score (nSPS) is 12.0. The Morgan fingerprint density at radius 3 is 2.08 bits per heavy atom. The van der Waals surface area contributed by atoms with E-state index in [1.165, 1.54) is 11.0 Å². The fourth-order valence-corrected chi connectivity index (χ4v) is 2.07. The monoisotopic (exact) mass is 342 g/mol. The molecule has 0 bridgehead atoms. The number of hydrogen-bond donors (Lipinski definition) is 1. The minimum absolute atomic E-state index is 0.429. The standard InChI is InChI=1S/C20H18N6/c1-3-9-18(10-4-1)13-7-15-21-24-20-25-22-17-26(20)23-16-8-14-19-11-5-2-6-12-19/h1-17H,(H,24,25)/b13-7+,14-8-,21-15-,23-16-. The summed E-state index contributed by atoms with van der Waals surface area (Å²) < 4.78 is 1.51. The number of hydrazone groups is 1. The number of nitrogens with zero attached hydrogens (tertiary/aromatic N) is 5. The van der Waals surface area contributed by atoms with E-state index >= 15 is 0 Å². The molecule has 3 rings (SSSR count). The van der Waals surface area contributed by atoms with Crippen LogP contribution in [-0.4, -0.2) is 27.3 Å². The molecule has 1 aromatic heterocycles. The molecule has 0 spiro atoms. The van der Waals surface area contributed by atoms with Crippen LogP contribution in [-0.2, 0) is 0 Å². The molecule has 0 saturated carbocycles. The largest absolute Gasteiger partial charge is 0.265 e. The fraction of sp³-hybridized carbons (Fsp3) is 0. The number of aromatic nitrogens is 3. The molecule has 0 unspecified atom stereocenters. The second-order valence-electron chi connectivity index (χ2n) is 5.19. The number of rotatable bonds is 7. The quantitative estimate of drug-likeness (QED) is 0.522. The molecule has 0 radical (unpaired) electrons. The first-order valence-corrected chi connectivity index (χ1v) is 8.09. The molecule has 0 aliphatic rings. The molecular weight excluding hydrogens is 324 g/mol. The first-order valence-electron chi connectivity index (χ1n) is 8.09. The van der Waals surface area contributed by atoms with Gasteiger partial charge < -0.3 is 0 Å². The van der Waals surface area contributed by atoms with E-state index in [9.17, 15) is 0 Å². The number of benzene rings is 2. The Kier molecular flexibility index (Phi) is 6.22. The second kappa shape index (κ2) is 9.48. The lowest BCUT2D eigenvalue weighted by Gasteiger charge is -1.97. The lowest BCUT2D eigenvalue weighted by molar-refractivity contribution is 0.880. The highest BCUT2D eigenvalue weighted by Gasteiger charge is 1.98. The Balaban J connectivity index is 1.53. The summed E-state index contributed by atoms with van der Waals surface area (Å²) in [6, 6.07) is 20.0. The summed E-state index contributed by atoms with van der Waals surface area (Å²) in [6.45, 7) is 0. The van der Waals surface area contributed by atoms with Crippen LogP contribution < -0.4 is 5.43 Å². The number of hydrogen-bond acceptors (Lipinski definition) is 5. The second-order valence-corrected chi connectivity index (χ2v) is 5.19. The van der Waals surface area contributed by atoms with Crippen molar-refractivity contribution in [2.45, 2.75) is 0 Å². The summed E-state index contributed by atoms with van der Waals surface area (Å²) in [7, 11) is 0. The highest BCUT2D eigenvalue weighted by molar-refractivity contribution is 5.79. The van der Waals surface area contributed by atoms with E-state index in [1.807, 2.05) is 85.0 Å². The molecule has 0 atom stereocenters. The maximum Gasteiger partial charge on any atom is 0.265 e. The van der Waals surface area contributed by atoms with Crippen LogP contribution in [0.25, 0.3) is 12.2 Å². The van der Waals surface area contributed by atoms with Gasteiger partial charge >= 0.3 is 0 Å². The van der Waals surface area contributed by atoms with E-state index in [0.717, 1.165) is 11.1 Å². The summed E-state index contributed by atoms with van der Waals surface area (Å²) in [5, 5.41) is 16.1. The molecule has 6 nitrogen and oxygen atoms in total. The van der Waals surface area contributed by atoms with Gasteiger partial charge in [0.2, 0.25) is 0 Å². The van der Waals surface area contributed by atoms with Crippen molar-refractivity contribution in [3.63, 3.8) is 0 Å². The average Bonchev–Trinajstić information content (AvgIpc) is 3.14. The number of nitrogens with one attached hydrogen (secondary N) is 1. The first kappa shape index (κ1) is 17.0. The van der Waals surface area contributed by atoms with E-state index in [1.54, 1.807) is 12.4 Å². The maximum absolute atomic E-state index is 4.25. The molecule has 1 heterocycles. The molecule has 3 aromatic rings. The van der Waals surface area contributed by atoms with Crippen molar-refractivity contribution in [3.05, 3.63) is 90.3 Å². The van der Waals surface area contributed by atoms with E-state index < -0.39 is 0 Å². The van der Waals surface area contributed by atoms with E-state index in [2.05, 4.69) is 25.8 Å². The predicted octanol–water partition coefficient (Wildman–Crippen LogP) is 3.94. The first-order chi connectivity index (χ1) is 12.9. The van der Waals surface area contributed by atoms with E-state index in [4.69, 9.17) is 0 Å². The van der Waals surface area contributed by atoms with Crippen LogP contribution in [0, 0.1) is 0 Å². The zero-order valence-electron chi connectivity index (χ0n) is 14.1. The highest BCUT2D eigenvalue weighted by atomic mass is 15.5. The summed E-state index contributed by atoms with van der Waals surface area (Å²) in [5.74, 6) is 0.429. The van der Waals surface area contributed by atoms with Gasteiger partial charge in [0.15, 0.2) is 0 Å². The van der Waals surface area contributed by atoms with Gasteiger partial charge in [-0.15, -0.1) is 10.2 Å². The summed E-state index contributed by atoms with van der Waals surface area (Å²) in [5.41, 5.74) is 5.02. The van der Waals surface area contributed by atoms with E-state index in [-0.39, 0.29) is 0 Å². The Morgan fingerprint density at radius 1 is 0.808 bits per heavy atom. The van der Waals surface area contributed by atoms with Crippen molar-refractivity contribution in [1.29, 1.82) is 0 Å². The molecule has 0 aliphatic heterocycles. The third-order valence-corrected chi connectivity index (χ3v) is 3.31.